The van der Waals surface area contributed by atoms with E-state index < -0.39 is 5.97 Å². The summed E-state index contributed by atoms with van der Waals surface area (Å²) < 4.78 is 5.84. The maximum Gasteiger partial charge on any atom is 0.306 e. The Balaban J connectivity index is 1.67. The van der Waals surface area contributed by atoms with Crippen molar-refractivity contribution in [3.8, 4) is 0 Å². The Labute approximate surface area is 219 Å². The quantitative estimate of drug-likeness (QED) is 0.297. The minimum Gasteiger partial charge on any atom is -0.481 e. The summed E-state index contributed by atoms with van der Waals surface area (Å²) >= 11 is 0. The van der Waals surface area contributed by atoms with E-state index in [2.05, 4.69) is 54.5 Å². The molecule has 4 rings (SSSR count). The zero-order valence-corrected chi connectivity index (χ0v) is 24.1. The highest BCUT2D eigenvalue weighted by molar-refractivity contribution is 5.70. The van der Waals surface area contributed by atoms with Crippen molar-refractivity contribution in [1.29, 1.82) is 0 Å². The van der Waals surface area contributed by atoms with E-state index in [1.54, 1.807) is 11.1 Å². The number of fused-ring (bicyclic) bond motifs is 4. The molecule has 2 saturated carbocycles. The number of ether oxygens (including phenoxy) is 1. The normalized spacial score (nSPS) is 39.9. The first-order valence-electron chi connectivity index (χ1n) is 14.4. The van der Waals surface area contributed by atoms with E-state index in [-0.39, 0.29) is 45.6 Å². The van der Waals surface area contributed by atoms with Gasteiger partial charge in [-0.1, -0.05) is 57.4 Å². The molecular weight excluding hydrogens is 448 g/mol. The molecule has 0 aromatic heterocycles. The Kier molecular flexibility index (Phi) is 7.10. The fourth-order valence-electron chi connectivity index (χ4n) is 9.81. The fraction of sp³-hybridized carbons (Fsp3) is 0.812. The number of allylic oxidation sites excluding steroid dienone is 4. The van der Waals surface area contributed by atoms with Gasteiger partial charge in [0.05, 0.1) is 5.92 Å². The number of esters is 1. The summed E-state index contributed by atoms with van der Waals surface area (Å²) in [4.78, 5) is 24.3. The minimum atomic E-state index is -0.603. The van der Waals surface area contributed by atoms with Crippen molar-refractivity contribution >= 4 is 11.9 Å². The lowest BCUT2D eigenvalue weighted by atomic mass is 9.43. The lowest BCUT2D eigenvalue weighted by molar-refractivity contribution is -0.167. The van der Waals surface area contributed by atoms with Gasteiger partial charge < -0.3 is 9.84 Å². The molecule has 0 radical (unpaired) electrons. The summed E-state index contributed by atoms with van der Waals surface area (Å²) in [5.41, 5.74) is 4.85. The Bertz CT molecular complexity index is 969. The number of carbonyl (C=O) groups is 2. The maximum atomic E-state index is 12.5. The van der Waals surface area contributed by atoms with E-state index in [9.17, 15) is 14.7 Å². The summed E-state index contributed by atoms with van der Waals surface area (Å²) in [6, 6.07) is 0. The lowest BCUT2D eigenvalue weighted by Crippen LogP contribution is -2.56. The van der Waals surface area contributed by atoms with Gasteiger partial charge in [-0.05, 0) is 106 Å². The van der Waals surface area contributed by atoms with Crippen LogP contribution in [0.3, 0.4) is 0 Å². The summed E-state index contributed by atoms with van der Waals surface area (Å²) in [5.74, 6) is -0.291. The molecule has 2 fully saturated rings. The summed E-state index contributed by atoms with van der Waals surface area (Å²) in [5, 5.41) is 10.3. The van der Waals surface area contributed by atoms with Crippen molar-refractivity contribution < 1.29 is 19.4 Å². The summed E-state index contributed by atoms with van der Waals surface area (Å²) in [6.07, 6.45) is 12.4. The van der Waals surface area contributed by atoms with Gasteiger partial charge in [-0.25, -0.2) is 0 Å². The van der Waals surface area contributed by atoms with Gasteiger partial charge in [0, 0.05) is 12.3 Å². The van der Waals surface area contributed by atoms with Gasteiger partial charge in [0.15, 0.2) is 0 Å². The van der Waals surface area contributed by atoms with Crippen LogP contribution in [0, 0.1) is 39.4 Å². The molecule has 0 unspecified atom stereocenters. The largest absolute Gasteiger partial charge is 0.481 e. The zero-order chi connectivity index (χ0) is 26.7. The highest BCUT2D eigenvalue weighted by Gasteiger charge is 2.64. The van der Waals surface area contributed by atoms with Crippen molar-refractivity contribution in [2.45, 2.75) is 126 Å². The number of hydrogen-bond acceptors (Lipinski definition) is 3. The second-order valence-corrected chi connectivity index (χ2v) is 14.1. The number of carboxylic acid groups (broad SMARTS) is 1. The molecule has 0 heterocycles. The highest BCUT2D eigenvalue weighted by Crippen LogP contribution is 2.72. The van der Waals surface area contributed by atoms with E-state index in [1.807, 2.05) is 0 Å². The van der Waals surface area contributed by atoms with Crippen LogP contribution < -0.4 is 0 Å². The van der Waals surface area contributed by atoms with Crippen LogP contribution in [0.5, 0.6) is 0 Å². The van der Waals surface area contributed by atoms with Gasteiger partial charge >= 0.3 is 11.9 Å². The Morgan fingerprint density at radius 2 is 1.67 bits per heavy atom. The molecule has 0 saturated heterocycles. The maximum absolute atomic E-state index is 12.5. The molecule has 4 aliphatic carbocycles. The van der Waals surface area contributed by atoms with Crippen molar-refractivity contribution in [3.05, 3.63) is 22.8 Å². The zero-order valence-electron chi connectivity index (χ0n) is 24.1. The Morgan fingerprint density at radius 3 is 2.28 bits per heavy atom. The second kappa shape index (κ2) is 9.31. The van der Waals surface area contributed by atoms with Crippen LogP contribution in [-0.2, 0) is 14.3 Å². The first-order chi connectivity index (χ1) is 16.7. The predicted molar refractivity (Wildman–Crippen MR) is 144 cm³/mol. The second-order valence-electron chi connectivity index (χ2n) is 14.1. The first kappa shape index (κ1) is 27.5. The van der Waals surface area contributed by atoms with Gasteiger partial charge in [0.25, 0.3) is 0 Å². The molecule has 36 heavy (non-hydrogen) atoms. The Morgan fingerprint density at radius 1 is 0.972 bits per heavy atom. The number of hydrogen-bond donors (Lipinski definition) is 1. The summed E-state index contributed by atoms with van der Waals surface area (Å²) in [6.45, 7) is 17.8. The molecule has 0 aromatic rings. The number of rotatable bonds is 6. The van der Waals surface area contributed by atoms with Crippen molar-refractivity contribution in [3.63, 3.8) is 0 Å². The van der Waals surface area contributed by atoms with Crippen molar-refractivity contribution in [2.24, 2.45) is 39.4 Å². The van der Waals surface area contributed by atoms with E-state index in [0.29, 0.717) is 5.92 Å². The van der Waals surface area contributed by atoms with Crippen LogP contribution in [0.25, 0.3) is 0 Å². The third kappa shape index (κ3) is 4.09. The smallest absolute Gasteiger partial charge is 0.306 e. The van der Waals surface area contributed by atoms with Crippen LogP contribution in [0.15, 0.2) is 22.8 Å². The van der Waals surface area contributed by atoms with Crippen molar-refractivity contribution in [1.82, 2.24) is 0 Å². The lowest BCUT2D eigenvalue weighted by Gasteiger charge is -2.62. The molecule has 4 aliphatic rings. The van der Waals surface area contributed by atoms with Gasteiger partial charge in [0.1, 0.15) is 6.10 Å². The van der Waals surface area contributed by atoms with Crippen LogP contribution in [-0.4, -0.2) is 23.1 Å². The third-order valence-corrected chi connectivity index (χ3v) is 11.9. The molecule has 1 N–H and O–H groups in total. The topological polar surface area (TPSA) is 63.6 Å². The fourth-order valence-corrected chi connectivity index (χ4v) is 9.81. The molecule has 0 amide bonds. The van der Waals surface area contributed by atoms with Gasteiger partial charge in [-0.3, -0.25) is 9.59 Å². The first-order valence-corrected chi connectivity index (χ1v) is 14.4. The van der Waals surface area contributed by atoms with E-state index >= 15 is 0 Å². The molecule has 0 bridgehead atoms. The van der Waals surface area contributed by atoms with Crippen LogP contribution in [0.1, 0.15) is 120 Å². The monoisotopic (exact) mass is 498 g/mol. The van der Waals surface area contributed by atoms with Gasteiger partial charge in [-0.15, -0.1) is 0 Å². The highest BCUT2D eigenvalue weighted by atomic mass is 16.5. The number of carboxylic acids is 1. The average Bonchev–Trinajstić information content (AvgIpc) is 3.04. The molecule has 7 atom stereocenters. The molecule has 0 aliphatic heterocycles. The molecule has 4 heteroatoms. The average molecular weight is 499 g/mol. The Hall–Kier alpha value is -1.58. The number of aliphatic carboxylic acids is 1. The van der Waals surface area contributed by atoms with Crippen LogP contribution in [0.2, 0.25) is 0 Å². The van der Waals surface area contributed by atoms with E-state index in [1.165, 1.54) is 12.5 Å². The third-order valence-electron chi connectivity index (χ3n) is 11.9. The molecule has 0 aromatic carbocycles. The number of carbonyl (C=O) groups excluding carboxylic acids is 1. The molecule has 0 spiro atoms. The summed E-state index contributed by atoms with van der Waals surface area (Å²) in [7, 11) is 0. The van der Waals surface area contributed by atoms with E-state index in [0.717, 1.165) is 64.2 Å². The van der Waals surface area contributed by atoms with E-state index in [4.69, 9.17) is 4.74 Å². The molecule has 4 nitrogen and oxygen atoms in total. The molecular formula is C32H50O4. The standard InChI is InChI=1S/C32H50O4/c1-20(2)10-9-11-22(28(34)35)23-14-18-32(8)25-12-13-26-29(4,5)27(36-21(3)33)16-17-30(26,6)24(25)15-19-31(23,32)7/h10,22-23,26-27H,9,11-19H2,1-8H3,(H,34,35)/t22-,23+,26+,27-,30-,31-,32+/m1/s1. The van der Waals surface area contributed by atoms with Gasteiger partial charge in [-0.2, -0.15) is 0 Å². The molecule has 202 valence electrons. The van der Waals surface area contributed by atoms with Gasteiger partial charge in [0.2, 0.25) is 0 Å². The predicted octanol–water partition coefficient (Wildman–Crippen LogP) is 8.11. The minimum absolute atomic E-state index is 0.00680. The van der Waals surface area contributed by atoms with Crippen molar-refractivity contribution in [2.75, 3.05) is 0 Å². The van der Waals surface area contributed by atoms with Crippen LogP contribution in [0.4, 0.5) is 0 Å². The SMILES string of the molecule is CC(=O)O[C@@H]1CC[C@]2(C)C3=C(CC[C@H]2C1(C)C)[C@]1(C)CC[C@@H]([C@@H](CCC=C(C)C)C(=O)O)[C@@]1(C)CC3. The van der Waals surface area contributed by atoms with Crippen LogP contribution >= 0.6 is 0 Å².